The molecule has 0 N–H and O–H groups in total. The van der Waals surface area contributed by atoms with Gasteiger partial charge in [0.05, 0.1) is 5.71 Å². The highest BCUT2D eigenvalue weighted by Gasteiger charge is 2.25. The molecule has 1 amide bonds. The van der Waals surface area contributed by atoms with E-state index in [9.17, 15) is 14.4 Å². The first kappa shape index (κ1) is 30.8. The molecule has 0 spiro atoms. The minimum atomic E-state index is -0.352. The number of amides is 1. The summed E-state index contributed by atoms with van der Waals surface area (Å²) in [7, 11) is 1.77. The van der Waals surface area contributed by atoms with Gasteiger partial charge in [-0.25, -0.2) is 14.8 Å². The van der Waals surface area contributed by atoms with Crippen molar-refractivity contribution in [3.05, 3.63) is 105 Å². The predicted octanol–water partition coefficient (Wildman–Crippen LogP) is 2.82. The van der Waals surface area contributed by atoms with Crippen molar-refractivity contribution in [2.75, 3.05) is 39.5 Å². The Morgan fingerprint density at radius 3 is 2.28 bits per heavy atom. The fraction of sp³-hybridized carbons (Fsp3) is 0.324. The minimum Gasteiger partial charge on any atom is -0.484 e. The number of hydrogen-bond donors (Lipinski definition) is 0. The quantitative estimate of drug-likeness (QED) is 0.282. The Morgan fingerprint density at radius 2 is 1.63 bits per heavy atom. The third-order valence-corrected chi connectivity index (χ3v) is 8.41. The Kier molecular flexibility index (Phi) is 8.97. The van der Waals surface area contributed by atoms with Crippen LogP contribution in [-0.4, -0.2) is 84.7 Å². The van der Waals surface area contributed by atoms with Crippen molar-refractivity contribution in [3.8, 4) is 5.75 Å². The molecule has 0 saturated carbocycles. The first-order valence-corrected chi connectivity index (χ1v) is 15.6. The van der Waals surface area contributed by atoms with Crippen molar-refractivity contribution in [1.29, 1.82) is 0 Å². The number of benzene rings is 2. The molecule has 2 aliphatic heterocycles. The largest absolute Gasteiger partial charge is 0.484 e. The summed E-state index contributed by atoms with van der Waals surface area (Å²) in [6.07, 6.45) is 7.78. The number of allylic oxidation sites excluding steroid dienone is 1. The van der Waals surface area contributed by atoms with E-state index in [1.165, 1.54) is 9.13 Å². The van der Waals surface area contributed by atoms with Gasteiger partial charge >= 0.3 is 5.69 Å². The van der Waals surface area contributed by atoms with Crippen molar-refractivity contribution in [3.63, 3.8) is 0 Å². The molecule has 12 nitrogen and oxygen atoms in total. The SMILES string of the molecule is CCn1c(=O)c2c(nc(/C=C/c3ccc(OCC(=O)N4CCN(N5C=CC(c6ccccc6)=NC5)CC4)cc3)n2C)n(CC)c1=O. The Hall–Kier alpha value is -5.23. The summed E-state index contributed by atoms with van der Waals surface area (Å²) >= 11 is 0. The Labute approximate surface area is 266 Å². The highest BCUT2D eigenvalue weighted by atomic mass is 16.5. The molecular weight excluding hydrogens is 584 g/mol. The molecule has 1 saturated heterocycles. The van der Waals surface area contributed by atoms with Gasteiger partial charge in [0, 0.05) is 52.5 Å². The Balaban J connectivity index is 1.01. The van der Waals surface area contributed by atoms with E-state index in [4.69, 9.17) is 9.73 Å². The molecule has 0 aliphatic carbocycles. The third-order valence-electron chi connectivity index (χ3n) is 8.41. The Morgan fingerprint density at radius 1 is 0.913 bits per heavy atom. The molecule has 4 aromatic rings. The summed E-state index contributed by atoms with van der Waals surface area (Å²) in [5, 5.41) is 4.32. The number of carbonyl (C=O) groups excluding carboxylic acids is 1. The molecule has 0 bridgehead atoms. The normalized spacial score (nSPS) is 15.6. The number of hydrazine groups is 1. The lowest BCUT2D eigenvalue weighted by atomic mass is 10.1. The molecule has 0 atom stereocenters. The van der Waals surface area contributed by atoms with Crippen LogP contribution in [0.5, 0.6) is 5.75 Å². The minimum absolute atomic E-state index is 0.0299. The van der Waals surface area contributed by atoms with Crippen LogP contribution in [0.2, 0.25) is 0 Å². The van der Waals surface area contributed by atoms with Gasteiger partial charge in [-0.3, -0.25) is 28.7 Å². The maximum absolute atomic E-state index is 12.9. The van der Waals surface area contributed by atoms with Crippen molar-refractivity contribution >= 4 is 34.9 Å². The number of nitrogens with zero attached hydrogens (tertiary/aromatic N) is 8. The fourth-order valence-corrected chi connectivity index (χ4v) is 5.76. The van der Waals surface area contributed by atoms with Crippen LogP contribution in [-0.2, 0) is 24.9 Å². The summed E-state index contributed by atoms with van der Waals surface area (Å²) in [4.78, 5) is 49.7. The second kappa shape index (κ2) is 13.4. The van der Waals surface area contributed by atoms with Crippen molar-refractivity contribution in [2.24, 2.45) is 12.0 Å². The molecule has 1 fully saturated rings. The first-order valence-electron chi connectivity index (χ1n) is 15.6. The number of rotatable bonds is 9. The van der Waals surface area contributed by atoms with Gasteiger partial charge in [0.2, 0.25) is 0 Å². The molecular formula is C34H38N8O4. The van der Waals surface area contributed by atoms with Crippen LogP contribution in [0.4, 0.5) is 0 Å². The van der Waals surface area contributed by atoms with Gasteiger partial charge in [0.25, 0.3) is 11.5 Å². The number of carbonyl (C=O) groups is 1. The van der Waals surface area contributed by atoms with E-state index in [0.29, 0.717) is 55.6 Å². The molecule has 0 radical (unpaired) electrons. The average molecular weight is 623 g/mol. The number of piperazine rings is 1. The Bertz CT molecular complexity index is 1930. The lowest BCUT2D eigenvalue weighted by molar-refractivity contribution is -0.137. The van der Waals surface area contributed by atoms with Crippen molar-refractivity contribution in [2.45, 2.75) is 26.9 Å². The zero-order valence-electron chi connectivity index (χ0n) is 26.4. The molecule has 12 heteroatoms. The molecule has 6 rings (SSSR count). The highest BCUT2D eigenvalue weighted by molar-refractivity contribution is 6.08. The van der Waals surface area contributed by atoms with Crippen molar-refractivity contribution < 1.29 is 9.53 Å². The lowest BCUT2D eigenvalue weighted by Crippen LogP contribution is -2.54. The molecule has 2 aromatic carbocycles. The molecule has 0 unspecified atom stereocenters. The van der Waals surface area contributed by atoms with Crippen LogP contribution >= 0.6 is 0 Å². The van der Waals surface area contributed by atoms with E-state index in [0.717, 1.165) is 29.9 Å². The summed E-state index contributed by atoms with van der Waals surface area (Å²) in [6, 6.07) is 17.6. The fourth-order valence-electron chi connectivity index (χ4n) is 5.76. The molecule has 238 valence electrons. The van der Waals surface area contributed by atoms with E-state index in [-0.39, 0.29) is 23.8 Å². The summed E-state index contributed by atoms with van der Waals surface area (Å²) in [6.45, 7) is 7.57. The zero-order valence-corrected chi connectivity index (χ0v) is 26.4. The van der Waals surface area contributed by atoms with E-state index in [1.807, 2.05) is 72.5 Å². The lowest BCUT2D eigenvalue weighted by Gasteiger charge is -2.40. The second-order valence-electron chi connectivity index (χ2n) is 11.1. The summed E-state index contributed by atoms with van der Waals surface area (Å²) < 4.78 is 10.3. The average Bonchev–Trinajstić information content (AvgIpc) is 3.43. The standard InChI is InChI=1S/C34H38N8O4/c1-4-41-32-31(33(44)42(5-2)34(41)45)37(3)29(36-32)16-13-25-11-14-27(15-12-25)46-23-30(43)38-19-21-39(22-20-38)40-18-17-28(35-24-40)26-9-7-6-8-10-26/h6-18H,4-5,19-24H2,1-3H3/b16-13+. The zero-order chi connectivity index (χ0) is 32.2. The van der Waals surface area contributed by atoms with E-state index < -0.39 is 0 Å². The van der Waals surface area contributed by atoms with Gasteiger partial charge in [0.1, 0.15) is 18.2 Å². The van der Waals surface area contributed by atoms with Gasteiger partial charge in [0.15, 0.2) is 17.8 Å². The van der Waals surface area contributed by atoms with Crippen LogP contribution in [0.1, 0.15) is 30.8 Å². The van der Waals surface area contributed by atoms with E-state index >= 15 is 0 Å². The number of fused-ring (bicyclic) bond motifs is 1. The van der Waals surface area contributed by atoms with Crippen LogP contribution in [0.3, 0.4) is 0 Å². The highest BCUT2D eigenvalue weighted by Crippen LogP contribution is 2.17. The maximum atomic E-state index is 12.9. The van der Waals surface area contributed by atoms with Crippen LogP contribution in [0, 0.1) is 0 Å². The van der Waals surface area contributed by atoms with Crippen LogP contribution < -0.4 is 16.0 Å². The van der Waals surface area contributed by atoms with Gasteiger partial charge in [-0.1, -0.05) is 48.5 Å². The smallest absolute Gasteiger partial charge is 0.332 e. The number of ether oxygens (including phenoxy) is 1. The molecule has 2 aliphatic rings. The summed E-state index contributed by atoms with van der Waals surface area (Å²) in [5.74, 6) is 1.12. The number of hydrogen-bond acceptors (Lipinski definition) is 8. The topological polar surface area (TPSA) is 110 Å². The van der Waals surface area contributed by atoms with Crippen LogP contribution in [0.25, 0.3) is 23.3 Å². The van der Waals surface area contributed by atoms with E-state index in [1.54, 1.807) is 18.5 Å². The van der Waals surface area contributed by atoms with Crippen molar-refractivity contribution in [1.82, 2.24) is 33.6 Å². The predicted molar refractivity (Wildman–Crippen MR) is 178 cm³/mol. The number of aryl methyl sites for hydroxylation is 2. The number of aromatic nitrogens is 4. The monoisotopic (exact) mass is 622 g/mol. The second-order valence-corrected chi connectivity index (χ2v) is 11.1. The molecule has 4 heterocycles. The molecule has 2 aromatic heterocycles. The van der Waals surface area contributed by atoms with Crippen LogP contribution in [0.15, 0.2) is 81.5 Å². The van der Waals surface area contributed by atoms with Gasteiger partial charge < -0.3 is 14.2 Å². The van der Waals surface area contributed by atoms with Gasteiger partial charge in [-0.15, -0.1) is 0 Å². The van der Waals surface area contributed by atoms with Gasteiger partial charge in [-0.05, 0) is 49.3 Å². The number of aliphatic imine (C=N–C) groups is 1. The first-order chi connectivity index (χ1) is 22.4. The third kappa shape index (κ3) is 6.16. The number of imidazole rings is 1. The van der Waals surface area contributed by atoms with Gasteiger partial charge in [-0.2, -0.15) is 0 Å². The summed E-state index contributed by atoms with van der Waals surface area (Å²) in [5.41, 5.74) is 3.06. The van der Waals surface area contributed by atoms with E-state index in [2.05, 4.69) is 33.3 Å². The molecule has 46 heavy (non-hydrogen) atoms. The maximum Gasteiger partial charge on any atom is 0.332 e.